The summed E-state index contributed by atoms with van der Waals surface area (Å²) < 4.78 is 52.9. The number of hydrogen-bond donors (Lipinski definition) is 2. The molecule has 1 unspecified atom stereocenters. The third-order valence-electron chi connectivity index (χ3n) is 2.80. The van der Waals surface area contributed by atoms with Gasteiger partial charge < -0.3 is 11.1 Å². The molecule has 0 aromatic heterocycles. The highest BCUT2D eigenvalue weighted by molar-refractivity contribution is 5.84. The molecule has 0 aliphatic heterocycles. The Balaban J connectivity index is 2.41. The number of amides is 1. The number of anilines is 1. The van der Waals surface area contributed by atoms with Gasteiger partial charge in [-0.05, 0) is 29.8 Å². The molecule has 3 N–H and O–H groups in total. The highest BCUT2D eigenvalue weighted by Gasteiger charge is 2.22. The summed E-state index contributed by atoms with van der Waals surface area (Å²) in [6.07, 6.45) is 0. The molecule has 0 heterocycles. The van der Waals surface area contributed by atoms with Crippen molar-refractivity contribution in [3.05, 3.63) is 65.2 Å². The lowest BCUT2D eigenvalue weighted by Crippen LogP contribution is -2.28. The van der Waals surface area contributed by atoms with Gasteiger partial charge in [0.2, 0.25) is 5.91 Å². The number of nitrogens with two attached hydrogens (primary N) is 1. The van der Waals surface area contributed by atoms with Crippen molar-refractivity contribution >= 4 is 11.6 Å². The monoisotopic (exact) mass is 298 g/mol. The molecule has 0 radical (unpaired) electrons. The van der Waals surface area contributed by atoms with E-state index in [9.17, 15) is 22.4 Å². The Morgan fingerprint density at radius 2 is 1.57 bits per heavy atom. The average molecular weight is 298 g/mol. The minimum atomic E-state index is -1.66. The van der Waals surface area contributed by atoms with E-state index in [-0.39, 0.29) is 11.3 Å². The number of carbonyl (C=O) groups excluding carboxylic acids is 1. The number of halogens is 4. The predicted octanol–water partition coefficient (Wildman–Crippen LogP) is 2.88. The zero-order chi connectivity index (χ0) is 15.6. The molecule has 0 aliphatic carbocycles. The van der Waals surface area contributed by atoms with E-state index in [1.807, 2.05) is 0 Å². The molecule has 110 valence electrons. The van der Waals surface area contributed by atoms with Crippen LogP contribution in [0.25, 0.3) is 0 Å². The van der Waals surface area contributed by atoms with Crippen LogP contribution in [-0.2, 0) is 4.79 Å². The highest BCUT2D eigenvalue weighted by atomic mass is 19.2. The average Bonchev–Trinajstić information content (AvgIpc) is 2.43. The van der Waals surface area contributed by atoms with E-state index in [0.717, 1.165) is 6.07 Å². The van der Waals surface area contributed by atoms with Crippen molar-refractivity contribution in [1.29, 1.82) is 0 Å². The van der Waals surface area contributed by atoms with Gasteiger partial charge in [-0.3, -0.25) is 4.79 Å². The number of nitrogens with one attached hydrogen (secondary N) is 1. The van der Waals surface area contributed by atoms with Gasteiger partial charge in [-0.25, -0.2) is 17.6 Å². The second-order valence-corrected chi connectivity index (χ2v) is 4.26. The van der Waals surface area contributed by atoms with Gasteiger partial charge in [0, 0.05) is 0 Å². The lowest BCUT2D eigenvalue weighted by Gasteiger charge is -2.18. The molecule has 21 heavy (non-hydrogen) atoms. The second-order valence-electron chi connectivity index (χ2n) is 4.26. The molecule has 3 nitrogen and oxygen atoms in total. The van der Waals surface area contributed by atoms with Crippen LogP contribution in [0.5, 0.6) is 0 Å². The third kappa shape index (κ3) is 3.13. The molecular formula is C14H10F4N2O. The predicted molar refractivity (Wildman–Crippen MR) is 68.3 cm³/mol. The first-order valence-corrected chi connectivity index (χ1v) is 5.85. The number of rotatable bonds is 4. The summed E-state index contributed by atoms with van der Waals surface area (Å²) in [5.74, 6) is -6.26. The maximum absolute atomic E-state index is 13.5. The summed E-state index contributed by atoms with van der Waals surface area (Å²) in [5.41, 5.74) is 4.82. The molecule has 0 bridgehead atoms. The van der Waals surface area contributed by atoms with Crippen LogP contribution in [0.15, 0.2) is 36.4 Å². The van der Waals surface area contributed by atoms with E-state index in [0.29, 0.717) is 12.1 Å². The van der Waals surface area contributed by atoms with Crippen molar-refractivity contribution in [2.75, 3.05) is 5.32 Å². The lowest BCUT2D eigenvalue weighted by atomic mass is 10.0. The standard InChI is InChI=1S/C14H10F4N2O/c15-8-3-1-2-4-11(8)20-13(14(19)21)7-5-9(16)12(18)10(17)6-7/h1-6,13,20H,(H2,19,21). The van der Waals surface area contributed by atoms with Crippen molar-refractivity contribution < 1.29 is 22.4 Å². The van der Waals surface area contributed by atoms with Crippen LogP contribution in [0.1, 0.15) is 11.6 Å². The van der Waals surface area contributed by atoms with Gasteiger partial charge in [-0.2, -0.15) is 0 Å². The summed E-state index contributed by atoms with van der Waals surface area (Å²) in [6.45, 7) is 0. The molecule has 0 fully saturated rings. The van der Waals surface area contributed by atoms with Crippen LogP contribution in [0.3, 0.4) is 0 Å². The molecule has 1 amide bonds. The van der Waals surface area contributed by atoms with Crippen LogP contribution in [-0.4, -0.2) is 5.91 Å². The third-order valence-corrected chi connectivity index (χ3v) is 2.80. The molecule has 2 aromatic rings. The second kappa shape index (κ2) is 5.82. The van der Waals surface area contributed by atoms with Gasteiger partial charge in [0.15, 0.2) is 17.5 Å². The van der Waals surface area contributed by atoms with Crippen LogP contribution >= 0.6 is 0 Å². The molecule has 1 atom stereocenters. The summed E-state index contributed by atoms with van der Waals surface area (Å²) in [7, 11) is 0. The topological polar surface area (TPSA) is 55.1 Å². The summed E-state index contributed by atoms with van der Waals surface area (Å²) in [4.78, 5) is 11.4. The van der Waals surface area contributed by atoms with Crippen LogP contribution < -0.4 is 11.1 Å². The van der Waals surface area contributed by atoms with Gasteiger partial charge in [-0.1, -0.05) is 12.1 Å². The van der Waals surface area contributed by atoms with Crippen molar-refractivity contribution in [2.24, 2.45) is 5.73 Å². The fourth-order valence-electron chi connectivity index (χ4n) is 1.79. The highest BCUT2D eigenvalue weighted by Crippen LogP contribution is 2.24. The fourth-order valence-corrected chi connectivity index (χ4v) is 1.79. The largest absolute Gasteiger partial charge is 0.368 e. The first kappa shape index (κ1) is 14.8. The normalized spacial score (nSPS) is 12.0. The molecule has 0 aliphatic rings. The van der Waals surface area contributed by atoms with Crippen molar-refractivity contribution in [3.8, 4) is 0 Å². The first-order chi connectivity index (χ1) is 9.90. The smallest absolute Gasteiger partial charge is 0.244 e. The molecule has 2 rings (SSSR count). The number of primary amides is 1. The van der Waals surface area contributed by atoms with Crippen molar-refractivity contribution in [1.82, 2.24) is 0 Å². The Labute approximate surface area is 117 Å². The molecule has 7 heteroatoms. The Kier molecular flexibility index (Phi) is 4.11. The number of carbonyl (C=O) groups is 1. The summed E-state index contributed by atoms with van der Waals surface area (Å²) in [6, 6.07) is 5.22. The first-order valence-electron chi connectivity index (χ1n) is 5.85. The number of para-hydroxylation sites is 1. The molecule has 0 saturated carbocycles. The quantitative estimate of drug-likeness (QED) is 0.673. The minimum absolute atomic E-state index is 0.0774. The van der Waals surface area contributed by atoms with Gasteiger partial charge in [0.1, 0.15) is 11.9 Å². The summed E-state index contributed by atoms with van der Waals surface area (Å²) in [5, 5.41) is 2.43. The van der Waals surface area contributed by atoms with Crippen molar-refractivity contribution in [3.63, 3.8) is 0 Å². The number of hydrogen-bond acceptors (Lipinski definition) is 2. The van der Waals surface area contributed by atoms with Gasteiger partial charge >= 0.3 is 0 Å². The van der Waals surface area contributed by atoms with Gasteiger partial charge in [0.05, 0.1) is 5.69 Å². The maximum atomic E-state index is 13.5. The van der Waals surface area contributed by atoms with Crippen LogP contribution in [0.4, 0.5) is 23.2 Å². The van der Waals surface area contributed by atoms with E-state index >= 15 is 0 Å². The van der Waals surface area contributed by atoms with E-state index in [1.165, 1.54) is 18.2 Å². The zero-order valence-electron chi connectivity index (χ0n) is 10.5. The van der Waals surface area contributed by atoms with Crippen LogP contribution in [0, 0.1) is 23.3 Å². The zero-order valence-corrected chi connectivity index (χ0v) is 10.5. The molecular weight excluding hydrogens is 288 g/mol. The van der Waals surface area contributed by atoms with E-state index in [4.69, 9.17) is 5.73 Å². The Morgan fingerprint density at radius 1 is 1.00 bits per heavy atom. The SMILES string of the molecule is NC(=O)C(Nc1ccccc1F)c1cc(F)c(F)c(F)c1. The van der Waals surface area contributed by atoms with Crippen LogP contribution in [0.2, 0.25) is 0 Å². The fraction of sp³-hybridized carbons (Fsp3) is 0.0714. The Hall–Kier alpha value is -2.57. The molecule has 0 spiro atoms. The Bertz CT molecular complexity index is 667. The van der Waals surface area contributed by atoms with E-state index < -0.39 is 35.2 Å². The van der Waals surface area contributed by atoms with Gasteiger partial charge in [-0.15, -0.1) is 0 Å². The van der Waals surface area contributed by atoms with Gasteiger partial charge in [0.25, 0.3) is 0 Å². The minimum Gasteiger partial charge on any atom is -0.368 e. The summed E-state index contributed by atoms with van der Waals surface area (Å²) >= 11 is 0. The van der Waals surface area contributed by atoms with Crippen molar-refractivity contribution in [2.45, 2.75) is 6.04 Å². The van der Waals surface area contributed by atoms with E-state index in [1.54, 1.807) is 0 Å². The lowest BCUT2D eigenvalue weighted by molar-refractivity contribution is -0.118. The molecule has 0 saturated heterocycles. The van der Waals surface area contributed by atoms with E-state index in [2.05, 4.69) is 5.32 Å². The Morgan fingerprint density at radius 3 is 2.10 bits per heavy atom. The molecule has 2 aromatic carbocycles. The maximum Gasteiger partial charge on any atom is 0.244 e. The number of benzene rings is 2.